The standard InChI is InChI=1S/C35H54N4O5/c1-23(2)30(37(8)34(42)31(24(3)4)36-32(40)28-17-12-13-19-38(28)25(5)6)21-26(7)33(41)39-20-14-18-29(39)35(43)44-22-27-15-10-9-11-16-27/h9-11,15-16,21,23-25,28-31H,12-14,17-20,22H2,1-8H3,(H,36,40)/t28-,29+,30?,31+/m1/s1. The van der Waals surface area contributed by atoms with E-state index in [0.717, 1.165) is 37.8 Å². The first kappa shape index (κ1) is 35.3. The van der Waals surface area contributed by atoms with E-state index in [9.17, 15) is 19.2 Å². The molecule has 9 nitrogen and oxygen atoms in total. The van der Waals surface area contributed by atoms with Crippen LogP contribution in [0.3, 0.4) is 0 Å². The van der Waals surface area contributed by atoms with Crippen LogP contribution in [0.25, 0.3) is 0 Å². The summed E-state index contributed by atoms with van der Waals surface area (Å²) in [5.41, 5.74) is 1.37. The summed E-state index contributed by atoms with van der Waals surface area (Å²) < 4.78 is 5.56. The Hall–Kier alpha value is -3.20. The second kappa shape index (κ2) is 16.2. The van der Waals surface area contributed by atoms with Gasteiger partial charge in [-0.1, -0.05) is 70.5 Å². The molecule has 0 bridgehead atoms. The number of benzene rings is 1. The van der Waals surface area contributed by atoms with Crippen LogP contribution in [-0.2, 0) is 30.5 Å². The topological polar surface area (TPSA) is 99.3 Å². The number of esters is 1. The number of carbonyl (C=O) groups excluding carboxylic acids is 4. The lowest BCUT2D eigenvalue weighted by Gasteiger charge is -2.39. The zero-order valence-electron chi connectivity index (χ0n) is 28.0. The average Bonchev–Trinajstić information content (AvgIpc) is 3.50. The molecule has 4 atom stereocenters. The molecule has 1 aromatic carbocycles. The molecule has 2 saturated heterocycles. The lowest BCUT2D eigenvalue weighted by molar-refractivity contribution is -0.153. The Morgan fingerprint density at radius 1 is 0.932 bits per heavy atom. The number of piperidine rings is 1. The van der Waals surface area contributed by atoms with E-state index in [1.54, 1.807) is 23.8 Å². The SMILES string of the molecule is CC(=CC(C(C)C)N(C)C(=O)[C@@H](NC(=O)[C@H]1CCCCN1C(C)C)C(C)C)C(=O)N1CCC[C@H]1C(=O)OCc1ccccc1. The second-order valence-corrected chi connectivity index (χ2v) is 13.4. The molecule has 3 rings (SSSR count). The third kappa shape index (κ3) is 8.93. The van der Waals surface area contributed by atoms with E-state index in [2.05, 4.69) is 24.1 Å². The summed E-state index contributed by atoms with van der Waals surface area (Å²) in [4.78, 5) is 59.4. The molecule has 9 heteroatoms. The molecular formula is C35H54N4O5. The van der Waals surface area contributed by atoms with Crippen molar-refractivity contribution < 1.29 is 23.9 Å². The van der Waals surface area contributed by atoms with Crippen LogP contribution in [0.4, 0.5) is 0 Å². The minimum Gasteiger partial charge on any atom is -0.459 e. The van der Waals surface area contributed by atoms with E-state index >= 15 is 0 Å². The van der Waals surface area contributed by atoms with Crippen LogP contribution in [0.15, 0.2) is 42.0 Å². The molecule has 2 aliphatic heterocycles. The molecule has 2 heterocycles. The summed E-state index contributed by atoms with van der Waals surface area (Å²) in [6.07, 6.45) is 5.97. The number of hydrogen-bond acceptors (Lipinski definition) is 6. The summed E-state index contributed by atoms with van der Waals surface area (Å²) in [6.45, 7) is 15.4. The zero-order chi connectivity index (χ0) is 32.6. The number of rotatable bonds is 12. The van der Waals surface area contributed by atoms with Crippen molar-refractivity contribution in [1.29, 1.82) is 0 Å². The van der Waals surface area contributed by atoms with Crippen LogP contribution in [0.2, 0.25) is 0 Å². The van der Waals surface area contributed by atoms with Gasteiger partial charge in [-0.2, -0.15) is 0 Å². The summed E-state index contributed by atoms with van der Waals surface area (Å²) in [5.74, 6) is -1.01. The predicted molar refractivity (Wildman–Crippen MR) is 172 cm³/mol. The number of carbonyl (C=O) groups is 4. The molecule has 0 aromatic heterocycles. The van der Waals surface area contributed by atoms with Crippen molar-refractivity contribution in [2.24, 2.45) is 11.8 Å². The van der Waals surface area contributed by atoms with Crippen molar-refractivity contribution in [3.05, 3.63) is 47.5 Å². The van der Waals surface area contributed by atoms with Gasteiger partial charge in [0, 0.05) is 25.2 Å². The molecule has 2 aliphatic rings. The number of hydrogen-bond donors (Lipinski definition) is 1. The normalized spacial score (nSPS) is 21.0. The average molecular weight is 611 g/mol. The van der Waals surface area contributed by atoms with Gasteiger partial charge in [-0.3, -0.25) is 19.3 Å². The highest BCUT2D eigenvalue weighted by Crippen LogP contribution is 2.24. The van der Waals surface area contributed by atoms with Crippen molar-refractivity contribution in [2.45, 2.75) is 117 Å². The number of likely N-dealkylation sites (tertiary alicyclic amines) is 2. The van der Waals surface area contributed by atoms with Crippen molar-refractivity contribution in [3.8, 4) is 0 Å². The Balaban J connectivity index is 1.71. The van der Waals surface area contributed by atoms with Gasteiger partial charge in [0.15, 0.2) is 0 Å². The molecule has 1 N–H and O–H groups in total. The molecule has 44 heavy (non-hydrogen) atoms. The predicted octanol–water partition coefficient (Wildman–Crippen LogP) is 4.55. The highest BCUT2D eigenvalue weighted by Gasteiger charge is 2.38. The first-order valence-corrected chi connectivity index (χ1v) is 16.4. The van der Waals surface area contributed by atoms with Crippen LogP contribution in [0.1, 0.15) is 86.1 Å². The minimum atomic E-state index is -0.684. The lowest BCUT2D eigenvalue weighted by Crippen LogP contribution is -2.58. The molecule has 0 radical (unpaired) electrons. The van der Waals surface area contributed by atoms with E-state index in [1.807, 2.05) is 64.1 Å². The molecule has 0 spiro atoms. The number of nitrogens with zero attached hydrogens (tertiary/aromatic N) is 3. The van der Waals surface area contributed by atoms with E-state index in [4.69, 9.17) is 4.74 Å². The van der Waals surface area contributed by atoms with Gasteiger partial charge in [0.05, 0.1) is 12.1 Å². The molecule has 0 saturated carbocycles. The number of likely N-dealkylation sites (N-methyl/N-ethyl adjacent to an activating group) is 1. The fraction of sp³-hybridized carbons (Fsp3) is 0.657. The smallest absolute Gasteiger partial charge is 0.329 e. The van der Waals surface area contributed by atoms with Crippen molar-refractivity contribution >= 4 is 23.7 Å². The Morgan fingerprint density at radius 3 is 2.20 bits per heavy atom. The van der Waals surface area contributed by atoms with Crippen molar-refractivity contribution in [3.63, 3.8) is 0 Å². The monoisotopic (exact) mass is 610 g/mol. The molecule has 1 aromatic rings. The lowest BCUT2D eigenvalue weighted by atomic mass is 9.95. The number of nitrogens with one attached hydrogen (secondary N) is 1. The van der Waals surface area contributed by atoms with Gasteiger partial charge in [0.1, 0.15) is 18.7 Å². The van der Waals surface area contributed by atoms with Crippen LogP contribution < -0.4 is 5.32 Å². The van der Waals surface area contributed by atoms with Crippen LogP contribution >= 0.6 is 0 Å². The van der Waals surface area contributed by atoms with Gasteiger partial charge in [-0.05, 0) is 70.4 Å². The maximum absolute atomic E-state index is 13.9. The molecule has 1 unspecified atom stereocenters. The third-order valence-electron chi connectivity index (χ3n) is 8.99. The summed E-state index contributed by atoms with van der Waals surface area (Å²) in [5, 5.41) is 3.09. The fourth-order valence-corrected chi connectivity index (χ4v) is 6.37. The van der Waals surface area contributed by atoms with E-state index in [-0.39, 0.29) is 54.3 Å². The molecule has 3 amide bonds. The van der Waals surface area contributed by atoms with Crippen LogP contribution in [0.5, 0.6) is 0 Å². The van der Waals surface area contributed by atoms with Crippen LogP contribution in [-0.4, -0.2) is 88.7 Å². The Kier molecular flexibility index (Phi) is 13.0. The number of amides is 3. The van der Waals surface area contributed by atoms with Crippen molar-refractivity contribution in [2.75, 3.05) is 20.1 Å². The highest BCUT2D eigenvalue weighted by atomic mass is 16.5. The summed E-state index contributed by atoms with van der Waals surface area (Å²) in [7, 11) is 1.74. The maximum Gasteiger partial charge on any atom is 0.329 e. The van der Waals surface area contributed by atoms with Crippen molar-refractivity contribution in [1.82, 2.24) is 20.0 Å². The van der Waals surface area contributed by atoms with Gasteiger partial charge in [-0.15, -0.1) is 0 Å². The first-order valence-electron chi connectivity index (χ1n) is 16.4. The maximum atomic E-state index is 13.9. The van der Waals surface area contributed by atoms with Gasteiger partial charge >= 0.3 is 5.97 Å². The molecule has 2 fully saturated rings. The third-order valence-corrected chi connectivity index (χ3v) is 8.99. The molecule has 0 aliphatic carbocycles. The van der Waals surface area contributed by atoms with Gasteiger partial charge in [0.2, 0.25) is 17.7 Å². The quantitative estimate of drug-likeness (QED) is 0.275. The summed E-state index contributed by atoms with van der Waals surface area (Å²) >= 11 is 0. The van der Waals surface area contributed by atoms with Crippen LogP contribution in [0, 0.1) is 11.8 Å². The molecular weight excluding hydrogens is 556 g/mol. The number of ether oxygens (including phenoxy) is 1. The largest absolute Gasteiger partial charge is 0.459 e. The molecule has 244 valence electrons. The Morgan fingerprint density at radius 2 is 1.59 bits per heavy atom. The minimum absolute atomic E-state index is 0.00945. The Bertz CT molecular complexity index is 1160. The van der Waals surface area contributed by atoms with Gasteiger partial charge < -0.3 is 19.9 Å². The second-order valence-electron chi connectivity index (χ2n) is 13.4. The first-order chi connectivity index (χ1) is 20.8. The van der Waals surface area contributed by atoms with E-state index in [0.29, 0.717) is 18.5 Å². The zero-order valence-corrected chi connectivity index (χ0v) is 28.0. The van der Waals surface area contributed by atoms with E-state index < -0.39 is 18.1 Å². The van der Waals surface area contributed by atoms with Gasteiger partial charge in [0.25, 0.3) is 0 Å². The Labute approximate surface area is 264 Å². The highest BCUT2D eigenvalue weighted by molar-refractivity contribution is 5.96. The van der Waals surface area contributed by atoms with Gasteiger partial charge in [-0.25, -0.2) is 4.79 Å². The summed E-state index contributed by atoms with van der Waals surface area (Å²) in [6, 6.07) is 7.81. The van der Waals surface area contributed by atoms with E-state index in [1.165, 1.54) is 0 Å². The fourth-order valence-electron chi connectivity index (χ4n) is 6.37.